The lowest BCUT2D eigenvalue weighted by Gasteiger charge is -2.19. The standard InChI is InChI=1S/C20H16ClN3O4S/c1-27-13-6-5-7-14(28-2)16(13)17-18(25)23-9-4-3-8-15(23)24(19(17)26)11-12-10-22-20(21)29-12/h3-10H,11H2,1-2H3. The van der Waals surface area contributed by atoms with E-state index in [2.05, 4.69) is 4.98 Å². The predicted octanol–water partition coefficient (Wildman–Crippen LogP) is 2.50. The van der Waals surface area contributed by atoms with Crippen LogP contribution in [0.2, 0.25) is 4.47 Å². The highest BCUT2D eigenvalue weighted by atomic mass is 35.5. The maximum atomic E-state index is 13.5. The molecule has 0 fully saturated rings. The second kappa shape index (κ2) is 7.73. The van der Waals surface area contributed by atoms with E-state index < -0.39 is 11.4 Å². The van der Waals surface area contributed by atoms with Gasteiger partial charge in [0, 0.05) is 12.3 Å². The van der Waals surface area contributed by atoms with E-state index >= 15 is 0 Å². The number of fused-ring (bicyclic) bond motifs is 1. The van der Waals surface area contributed by atoms with Gasteiger partial charge in [-0.05, 0) is 18.2 Å². The van der Waals surface area contributed by atoms with Gasteiger partial charge in [-0.25, -0.2) is 14.3 Å². The lowest BCUT2D eigenvalue weighted by molar-refractivity contribution is -0.707. The number of methoxy groups -OCH3 is 2. The molecule has 0 bridgehead atoms. The van der Waals surface area contributed by atoms with Crippen LogP contribution in [0.3, 0.4) is 0 Å². The molecule has 9 heteroatoms. The van der Waals surface area contributed by atoms with Crippen molar-refractivity contribution in [3.8, 4) is 28.5 Å². The molecule has 3 heterocycles. The first kappa shape index (κ1) is 19.2. The van der Waals surface area contributed by atoms with Gasteiger partial charge in [0.15, 0.2) is 4.47 Å². The Morgan fingerprint density at radius 2 is 1.86 bits per heavy atom. The average molecular weight is 430 g/mol. The second-order valence-corrected chi connectivity index (χ2v) is 7.81. The Bertz CT molecular complexity index is 1250. The summed E-state index contributed by atoms with van der Waals surface area (Å²) in [5, 5.41) is 13.5. The fraction of sp³-hybridized carbons (Fsp3) is 0.150. The molecule has 1 aromatic carbocycles. The molecule has 0 N–H and O–H groups in total. The van der Waals surface area contributed by atoms with Gasteiger partial charge < -0.3 is 14.6 Å². The van der Waals surface area contributed by atoms with E-state index in [1.54, 1.807) is 48.8 Å². The summed E-state index contributed by atoms with van der Waals surface area (Å²) in [5.74, 6) is 0.303. The van der Waals surface area contributed by atoms with Crippen molar-refractivity contribution in [1.29, 1.82) is 0 Å². The van der Waals surface area contributed by atoms with Crippen molar-refractivity contribution < 1.29 is 19.1 Å². The number of benzene rings is 1. The van der Waals surface area contributed by atoms with Gasteiger partial charge in [-0.15, -0.1) is 11.3 Å². The molecule has 0 spiro atoms. The topological polar surface area (TPSA) is 79.8 Å². The Morgan fingerprint density at radius 3 is 2.48 bits per heavy atom. The number of aromatic nitrogens is 3. The highest BCUT2D eigenvalue weighted by Crippen LogP contribution is 2.38. The van der Waals surface area contributed by atoms with E-state index in [0.717, 1.165) is 4.88 Å². The number of thiazole rings is 1. The fourth-order valence-corrected chi connectivity index (χ4v) is 4.22. The summed E-state index contributed by atoms with van der Waals surface area (Å²) in [6.45, 7) is 0.224. The largest absolute Gasteiger partial charge is 0.842 e. The third-order valence-electron chi connectivity index (χ3n) is 4.52. The van der Waals surface area contributed by atoms with Crippen LogP contribution in [0, 0.1) is 0 Å². The molecule has 0 aliphatic carbocycles. The molecule has 0 radical (unpaired) electrons. The quantitative estimate of drug-likeness (QED) is 0.455. The molecule has 3 aromatic heterocycles. The maximum absolute atomic E-state index is 13.5. The van der Waals surface area contributed by atoms with Crippen molar-refractivity contribution in [1.82, 2.24) is 9.38 Å². The lowest BCUT2D eigenvalue weighted by Crippen LogP contribution is -2.44. The zero-order valence-corrected chi connectivity index (χ0v) is 17.2. The van der Waals surface area contributed by atoms with Gasteiger partial charge in [-0.1, -0.05) is 23.7 Å². The number of nitrogens with zero attached hydrogens (tertiary/aromatic N) is 3. The highest BCUT2D eigenvalue weighted by Gasteiger charge is 2.25. The van der Waals surface area contributed by atoms with Crippen LogP contribution in [0.25, 0.3) is 16.8 Å². The molecule has 0 amide bonds. The Labute approximate surface area is 175 Å². The molecule has 7 nitrogen and oxygen atoms in total. The van der Waals surface area contributed by atoms with Crippen LogP contribution in [0.1, 0.15) is 4.88 Å². The van der Waals surface area contributed by atoms with Gasteiger partial charge in [0.05, 0.1) is 36.7 Å². The number of hydrogen-bond acceptors (Lipinski definition) is 6. The van der Waals surface area contributed by atoms with Crippen molar-refractivity contribution in [3.05, 3.63) is 68.5 Å². The molecule has 4 aromatic rings. The van der Waals surface area contributed by atoms with Crippen molar-refractivity contribution in [2.75, 3.05) is 14.2 Å². The number of ether oxygens (including phenoxy) is 2. The number of halogens is 1. The normalized spacial score (nSPS) is 11.0. The minimum Gasteiger partial charge on any atom is -0.842 e. The van der Waals surface area contributed by atoms with Gasteiger partial charge >= 0.3 is 5.56 Å². The van der Waals surface area contributed by atoms with Crippen molar-refractivity contribution >= 4 is 28.6 Å². The molecular weight excluding hydrogens is 414 g/mol. The van der Waals surface area contributed by atoms with Gasteiger partial charge in [0.2, 0.25) is 0 Å². The molecule has 0 aliphatic heterocycles. The second-order valence-electron chi connectivity index (χ2n) is 6.12. The van der Waals surface area contributed by atoms with Crippen LogP contribution in [-0.4, -0.2) is 23.6 Å². The zero-order valence-electron chi connectivity index (χ0n) is 15.6. The first-order valence-electron chi connectivity index (χ1n) is 8.61. The number of pyridine rings is 1. The highest BCUT2D eigenvalue weighted by molar-refractivity contribution is 7.15. The van der Waals surface area contributed by atoms with Crippen molar-refractivity contribution in [3.63, 3.8) is 0 Å². The SMILES string of the molecule is COc1cccc(OC)c1-c1c([O-])[n+](Cc2cnc(Cl)s2)c2ccccn2c1=O. The van der Waals surface area contributed by atoms with E-state index in [9.17, 15) is 9.90 Å². The summed E-state index contributed by atoms with van der Waals surface area (Å²) in [4.78, 5) is 18.1. The molecule has 4 rings (SSSR count). The van der Waals surface area contributed by atoms with E-state index in [1.165, 1.54) is 34.5 Å². The maximum Gasteiger partial charge on any atom is 0.349 e. The minimum absolute atomic E-state index is 0.0291. The van der Waals surface area contributed by atoms with Gasteiger partial charge in [0.25, 0.3) is 5.65 Å². The monoisotopic (exact) mass is 429 g/mol. The van der Waals surface area contributed by atoms with Gasteiger partial charge in [-0.3, -0.25) is 0 Å². The molecule has 29 heavy (non-hydrogen) atoms. The van der Waals surface area contributed by atoms with Crippen LogP contribution in [0.15, 0.2) is 53.6 Å². The molecule has 0 saturated heterocycles. The summed E-state index contributed by atoms with van der Waals surface area (Å²) >= 11 is 7.23. The van der Waals surface area contributed by atoms with Crippen molar-refractivity contribution in [2.45, 2.75) is 6.54 Å². The predicted molar refractivity (Wildman–Crippen MR) is 108 cm³/mol. The minimum atomic E-state index is -0.452. The van der Waals surface area contributed by atoms with E-state index in [4.69, 9.17) is 21.1 Å². The lowest BCUT2D eigenvalue weighted by atomic mass is 10.1. The van der Waals surface area contributed by atoms with Gasteiger partial charge in [0.1, 0.15) is 23.6 Å². The third-order valence-corrected chi connectivity index (χ3v) is 5.62. The molecule has 0 saturated carbocycles. The van der Waals surface area contributed by atoms with Crippen LogP contribution in [0.5, 0.6) is 17.4 Å². The summed E-state index contributed by atoms with van der Waals surface area (Å²) in [6.07, 6.45) is 3.24. The van der Waals surface area contributed by atoms with Crippen LogP contribution in [0.4, 0.5) is 0 Å². The fourth-order valence-electron chi connectivity index (χ4n) is 3.25. The van der Waals surface area contributed by atoms with E-state index in [1.807, 2.05) is 0 Å². The molecule has 0 aliphatic rings. The Kier molecular flexibility index (Phi) is 5.12. The summed E-state index contributed by atoms with van der Waals surface area (Å²) in [6, 6.07) is 10.3. The Hall–Kier alpha value is -3.10. The summed E-state index contributed by atoms with van der Waals surface area (Å²) in [5.41, 5.74) is 0.303. The molecular formula is C20H16ClN3O4S. The first-order valence-corrected chi connectivity index (χ1v) is 9.80. The van der Waals surface area contributed by atoms with Crippen molar-refractivity contribution in [2.24, 2.45) is 0 Å². The zero-order chi connectivity index (χ0) is 20.5. The van der Waals surface area contributed by atoms with E-state index in [0.29, 0.717) is 27.2 Å². The summed E-state index contributed by atoms with van der Waals surface area (Å²) in [7, 11) is 2.96. The molecule has 148 valence electrons. The average Bonchev–Trinajstić information content (AvgIpc) is 3.16. The number of hydrogen-bond donors (Lipinski definition) is 0. The molecule has 0 unspecified atom stereocenters. The smallest absolute Gasteiger partial charge is 0.349 e. The number of rotatable bonds is 5. The van der Waals surface area contributed by atoms with Crippen LogP contribution in [-0.2, 0) is 6.54 Å². The Morgan fingerprint density at radius 1 is 1.14 bits per heavy atom. The third kappa shape index (κ3) is 3.30. The van der Waals surface area contributed by atoms with Gasteiger partial charge in [-0.2, -0.15) is 4.40 Å². The summed E-state index contributed by atoms with van der Waals surface area (Å²) < 4.78 is 14.2. The van der Waals surface area contributed by atoms with Crippen LogP contribution >= 0.6 is 22.9 Å². The van der Waals surface area contributed by atoms with Crippen LogP contribution < -0.4 is 24.7 Å². The first-order chi connectivity index (χ1) is 14.0. The molecule has 0 atom stereocenters. The Balaban J connectivity index is 2.08. The van der Waals surface area contributed by atoms with E-state index in [-0.39, 0.29) is 12.1 Å².